The first-order valence-corrected chi connectivity index (χ1v) is 8.78. The minimum atomic E-state index is -0.238. The van der Waals surface area contributed by atoms with Crippen LogP contribution in [0.4, 0.5) is 10.3 Å². The summed E-state index contributed by atoms with van der Waals surface area (Å²) in [6, 6.07) is 3.14. The average molecular weight is 355 g/mol. The number of nitrogens with one attached hydrogen (secondary N) is 1. The number of hydrogen-bond acceptors (Lipinski definition) is 6. The quantitative estimate of drug-likeness (QED) is 0.776. The summed E-state index contributed by atoms with van der Waals surface area (Å²) in [5.41, 5.74) is 3.20. The summed E-state index contributed by atoms with van der Waals surface area (Å²) in [4.78, 5) is 4.50. The second-order valence-corrected chi connectivity index (χ2v) is 6.52. The highest BCUT2D eigenvalue weighted by molar-refractivity contribution is 5.52. The van der Waals surface area contributed by atoms with Crippen molar-refractivity contribution in [1.29, 1.82) is 0 Å². The van der Waals surface area contributed by atoms with Gasteiger partial charge >= 0.3 is 0 Å². The molecule has 2 aliphatic heterocycles. The first-order chi connectivity index (χ1) is 12.8. The highest BCUT2D eigenvalue weighted by Gasteiger charge is 2.23. The molecule has 2 aliphatic rings. The van der Waals surface area contributed by atoms with Crippen molar-refractivity contribution in [3.8, 4) is 5.75 Å². The average Bonchev–Trinajstić information content (AvgIpc) is 3.40. The molecular weight excluding hydrogens is 337 g/mol. The van der Waals surface area contributed by atoms with E-state index in [1.54, 1.807) is 23.0 Å². The standard InChI is InChI=1S/C18H18FN5O2/c19-14-3-4-16-11(5-7-26-16)12(14)8-20-18-21-9-13(15-2-1-6-25-15)17-23-22-10-24(17)18/h3-4,9-10,15H,1-2,5-8H2,(H,20,21). The number of halogens is 1. The molecule has 1 N–H and O–H groups in total. The zero-order valence-corrected chi connectivity index (χ0v) is 14.1. The zero-order valence-electron chi connectivity index (χ0n) is 14.1. The second kappa shape index (κ2) is 6.21. The van der Waals surface area contributed by atoms with Gasteiger partial charge in [0.25, 0.3) is 0 Å². The molecule has 0 radical (unpaired) electrons. The van der Waals surface area contributed by atoms with Crippen LogP contribution in [0.5, 0.6) is 5.75 Å². The van der Waals surface area contributed by atoms with Crippen molar-refractivity contribution in [2.75, 3.05) is 18.5 Å². The number of benzene rings is 1. The van der Waals surface area contributed by atoms with Crippen LogP contribution in [0.3, 0.4) is 0 Å². The molecule has 0 spiro atoms. The van der Waals surface area contributed by atoms with E-state index in [1.165, 1.54) is 6.07 Å². The summed E-state index contributed by atoms with van der Waals surface area (Å²) >= 11 is 0. The predicted molar refractivity (Wildman–Crippen MR) is 91.6 cm³/mol. The van der Waals surface area contributed by atoms with Gasteiger partial charge < -0.3 is 14.8 Å². The van der Waals surface area contributed by atoms with Crippen LogP contribution in [0.15, 0.2) is 24.7 Å². The van der Waals surface area contributed by atoms with Crippen LogP contribution in [0.25, 0.3) is 5.65 Å². The molecule has 1 fully saturated rings. The highest BCUT2D eigenvalue weighted by atomic mass is 19.1. The van der Waals surface area contributed by atoms with Gasteiger partial charge in [0, 0.05) is 42.5 Å². The second-order valence-electron chi connectivity index (χ2n) is 6.52. The molecule has 0 bridgehead atoms. The smallest absolute Gasteiger partial charge is 0.210 e. The molecule has 0 saturated carbocycles. The molecule has 134 valence electrons. The van der Waals surface area contributed by atoms with Crippen molar-refractivity contribution < 1.29 is 13.9 Å². The Balaban J connectivity index is 1.45. The molecule has 8 heteroatoms. The van der Waals surface area contributed by atoms with Gasteiger partial charge in [0.2, 0.25) is 5.95 Å². The Morgan fingerprint density at radius 3 is 3.15 bits per heavy atom. The first-order valence-electron chi connectivity index (χ1n) is 8.78. The summed E-state index contributed by atoms with van der Waals surface area (Å²) in [6.45, 7) is 1.67. The largest absolute Gasteiger partial charge is 0.493 e. The molecule has 5 rings (SSSR count). The molecule has 1 saturated heterocycles. The van der Waals surface area contributed by atoms with E-state index < -0.39 is 0 Å². The Kier molecular flexibility index (Phi) is 3.70. The van der Waals surface area contributed by atoms with Crippen LogP contribution in [0, 0.1) is 5.82 Å². The number of rotatable bonds is 4. The van der Waals surface area contributed by atoms with Crippen molar-refractivity contribution in [1.82, 2.24) is 19.6 Å². The summed E-state index contributed by atoms with van der Waals surface area (Å²) < 4.78 is 27.4. The van der Waals surface area contributed by atoms with E-state index in [-0.39, 0.29) is 11.9 Å². The van der Waals surface area contributed by atoms with Gasteiger partial charge in [-0.05, 0) is 25.0 Å². The van der Waals surface area contributed by atoms with Crippen molar-refractivity contribution in [3.05, 3.63) is 47.2 Å². The number of anilines is 1. The molecule has 7 nitrogen and oxygen atoms in total. The van der Waals surface area contributed by atoms with Crippen LogP contribution in [-0.2, 0) is 17.7 Å². The number of hydrogen-bond donors (Lipinski definition) is 1. The summed E-state index contributed by atoms with van der Waals surface area (Å²) in [7, 11) is 0. The van der Waals surface area contributed by atoms with Crippen LogP contribution in [0.1, 0.15) is 35.6 Å². The highest BCUT2D eigenvalue weighted by Crippen LogP contribution is 2.32. The van der Waals surface area contributed by atoms with Crippen molar-refractivity contribution >= 4 is 11.6 Å². The minimum Gasteiger partial charge on any atom is -0.493 e. The lowest BCUT2D eigenvalue weighted by Crippen LogP contribution is -2.11. The lowest BCUT2D eigenvalue weighted by Gasteiger charge is -2.14. The molecule has 0 aliphatic carbocycles. The summed E-state index contributed by atoms with van der Waals surface area (Å²) in [6.07, 6.45) is 6.10. The summed E-state index contributed by atoms with van der Waals surface area (Å²) in [5, 5.41) is 11.4. The van der Waals surface area contributed by atoms with Crippen LogP contribution >= 0.6 is 0 Å². The minimum absolute atomic E-state index is 0.00948. The van der Waals surface area contributed by atoms with Crippen molar-refractivity contribution in [3.63, 3.8) is 0 Å². The number of aromatic nitrogens is 4. The third-order valence-corrected chi connectivity index (χ3v) is 5.00. The lowest BCUT2D eigenvalue weighted by atomic mass is 10.0. The topological polar surface area (TPSA) is 73.6 Å². The fourth-order valence-corrected chi connectivity index (χ4v) is 3.69. The third-order valence-electron chi connectivity index (χ3n) is 5.00. The number of nitrogens with zero attached hydrogens (tertiary/aromatic N) is 4. The van der Waals surface area contributed by atoms with E-state index >= 15 is 0 Å². The molecule has 0 amide bonds. The molecule has 3 aromatic rings. The normalized spacial score (nSPS) is 18.9. The molecule has 1 unspecified atom stereocenters. The van der Waals surface area contributed by atoms with E-state index in [9.17, 15) is 4.39 Å². The van der Waals surface area contributed by atoms with Gasteiger partial charge in [-0.15, -0.1) is 10.2 Å². The molecule has 26 heavy (non-hydrogen) atoms. The monoisotopic (exact) mass is 355 g/mol. The Hall–Kier alpha value is -2.74. The van der Waals surface area contributed by atoms with E-state index in [1.807, 2.05) is 0 Å². The zero-order chi connectivity index (χ0) is 17.5. The van der Waals surface area contributed by atoms with E-state index in [2.05, 4.69) is 20.5 Å². The Labute approximate surface area is 149 Å². The van der Waals surface area contributed by atoms with Crippen LogP contribution in [-0.4, -0.2) is 32.8 Å². The molecule has 2 aromatic heterocycles. The van der Waals surface area contributed by atoms with Gasteiger partial charge in [-0.2, -0.15) is 0 Å². The molecule has 4 heterocycles. The fraction of sp³-hybridized carbons (Fsp3) is 0.389. The third kappa shape index (κ3) is 2.48. The van der Waals surface area contributed by atoms with E-state index in [0.717, 1.165) is 48.4 Å². The fourth-order valence-electron chi connectivity index (χ4n) is 3.69. The Morgan fingerprint density at radius 2 is 2.27 bits per heavy atom. The van der Waals surface area contributed by atoms with Gasteiger partial charge in [0.05, 0.1) is 12.7 Å². The van der Waals surface area contributed by atoms with Crippen molar-refractivity contribution in [2.45, 2.75) is 31.9 Å². The maximum atomic E-state index is 14.3. The molecule has 1 atom stereocenters. The molecule has 1 aromatic carbocycles. The van der Waals surface area contributed by atoms with Gasteiger partial charge in [-0.25, -0.2) is 9.37 Å². The first kappa shape index (κ1) is 15.5. The maximum absolute atomic E-state index is 14.3. The van der Waals surface area contributed by atoms with Gasteiger partial charge in [-0.1, -0.05) is 0 Å². The van der Waals surface area contributed by atoms with E-state index in [0.29, 0.717) is 24.7 Å². The van der Waals surface area contributed by atoms with Crippen LogP contribution < -0.4 is 10.1 Å². The summed E-state index contributed by atoms with van der Waals surface area (Å²) in [5.74, 6) is 1.10. The lowest BCUT2D eigenvalue weighted by molar-refractivity contribution is 0.112. The van der Waals surface area contributed by atoms with Crippen LogP contribution in [0.2, 0.25) is 0 Å². The SMILES string of the molecule is Fc1ccc2c(c1CNc1ncc(C3CCCO3)c3nncn13)CCO2. The van der Waals surface area contributed by atoms with Gasteiger partial charge in [-0.3, -0.25) is 4.40 Å². The molecular formula is C18H18FN5O2. The van der Waals surface area contributed by atoms with E-state index in [4.69, 9.17) is 9.47 Å². The van der Waals surface area contributed by atoms with Crippen molar-refractivity contribution in [2.24, 2.45) is 0 Å². The number of fused-ring (bicyclic) bond motifs is 2. The van der Waals surface area contributed by atoms with Gasteiger partial charge in [0.15, 0.2) is 5.65 Å². The maximum Gasteiger partial charge on any atom is 0.210 e. The Morgan fingerprint density at radius 1 is 1.31 bits per heavy atom. The Bertz CT molecular complexity index is 968. The predicted octanol–water partition coefficient (Wildman–Crippen LogP) is 2.66. The van der Waals surface area contributed by atoms with Gasteiger partial charge in [0.1, 0.15) is 17.9 Å². The number of ether oxygens (including phenoxy) is 2.